The van der Waals surface area contributed by atoms with E-state index in [0.29, 0.717) is 11.9 Å². The normalized spacial score (nSPS) is 13.3. The summed E-state index contributed by atoms with van der Waals surface area (Å²) in [4.78, 5) is 0. The maximum atomic E-state index is 14.8. The summed E-state index contributed by atoms with van der Waals surface area (Å²) in [5, 5.41) is 12.9. The molecule has 0 bridgehead atoms. The molecule has 1 atom stereocenters. The van der Waals surface area contributed by atoms with Crippen LogP contribution in [0.4, 0.5) is 0 Å². The first-order chi connectivity index (χ1) is 15.5. The largest absolute Gasteiger partial charge is 0.496 e. The lowest BCUT2D eigenvalue weighted by Gasteiger charge is -2.34. The van der Waals surface area contributed by atoms with Gasteiger partial charge < -0.3 is 14.4 Å². The van der Waals surface area contributed by atoms with Crippen LogP contribution in [0.3, 0.4) is 0 Å². The van der Waals surface area contributed by atoms with Crippen molar-refractivity contribution in [2.75, 3.05) is 13.3 Å². The first-order valence-corrected chi connectivity index (χ1v) is 12.7. The van der Waals surface area contributed by atoms with Gasteiger partial charge in [0, 0.05) is 23.2 Å². The Hall–Kier alpha value is -3.13. The zero-order chi connectivity index (χ0) is 22.4. The topological polar surface area (TPSA) is 46.5 Å². The van der Waals surface area contributed by atoms with Gasteiger partial charge in [-0.1, -0.05) is 109 Å². The summed E-state index contributed by atoms with van der Waals surface area (Å²) in [6.07, 6.45) is 0.374. The number of hydrogen-bond donors (Lipinski definition) is 1. The van der Waals surface area contributed by atoms with E-state index < -0.39 is 12.7 Å². The molecule has 0 saturated carbocycles. The highest BCUT2D eigenvalue weighted by atomic mass is 31.2. The summed E-state index contributed by atoms with van der Waals surface area (Å²) in [7, 11) is -1.49. The van der Waals surface area contributed by atoms with E-state index in [1.807, 2.05) is 115 Å². The predicted molar refractivity (Wildman–Crippen MR) is 131 cm³/mol. The zero-order valence-corrected chi connectivity index (χ0v) is 19.0. The second-order valence-corrected chi connectivity index (χ2v) is 10.9. The highest BCUT2D eigenvalue weighted by molar-refractivity contribution is 7.70. The minimum absolute atomic E-state index is 0.0795. The van der Waals surface area contributed by atoms with Crippen molar-refractivity contribution in [3.05, 3.63) is 132 Å². The van der Waals surface area contributed by atoms with E-state index in [2.05, 4.69) is 0 Å². The Morgan fingerprint density at radius 2 is 1.19 bits per heavy atom. The van der Waals surface area contributed by atoms with Crippen LogP contribution in [0.5, 0.6) is 5.75 Å². The number of aliphatic hydroxyl groups is 1. The molecule has 1 N–H and O–H groups in total. The second-order valence-electron chi connectivity index (χ2n) is 7.95. The SMILES string of the molecule is COc1ccccc1CP(=O)(CC(O)(c1ccccc1)c1ccccc1)c1ccccc1. The molecule has 0 aromatic heterocycles. The van der Waals surface area contributed by atoms with Crippen LogP contribution in [-0.4, -0.2) is 18.4 Å². The molecule has 3 nitrogen and oxygen atoms in total. The molecular weight excluding hydrogens is 415 g/mol. The highest BCUT2D eigenvalue weighted by Crippen LogP contribution is 2.54. The van der Waals surface area contributed by atoms with Crippen LogP contribution >= 0.6 is 7.14 Å². The molecule has 32 heavy (non-hydrogen) atoms. The summed E-state index contributed by atoms with van der Waals surface area (Å²) in [5.74, 6) is 0.701. The van der Waals surface area contributed by atoms with Crippen LogP contribution in [0, 0.1) is 0 Å². The number of para-hydroxylation sites is 1. The van der Waals surface area contributed by atoms with Gasteiger partial charge >= 0.3 is 0 Å². The lowest BCUT2D eigenvalue weighted by Crippen LogP contribution is -2.34. The number of benzene rings is 4. The Bertz CT molecular complexity index is 1150. The van der Waals surface area contributed by atoms with Crippen molar-refractivity contribution >= 4 is 12.4 Å². The van der Waals surface area contributed by atoms with Crippen molar-refractivity contribution in [3.8, 4) is 5.75 Å². The minimum Gasteiger partial charge on any atom is -0.496 e. The summed E-state index contributed by atoms with van der Waals surface area (Å²) in [5.41, 5.74) is 0.908. The third kappa shape index (κ3) is 4.55. The van der Waals surface area contributed by atoms with Gasteiger partial charge in [0.25, 0.3) is 0 Å². The standard InChI is InChI=1S/C28H27O3P/c1-31-27-20-12-11-13-23(27)21-32(30,26-18-9-4-10-19-26)22-28(29,24-14-5-2-6-15-24)25-16-7-3-8-17-25/h2-20,29H,21-22H2,1H3. The molecule has 4 heteroatoms. The van der Waals surface area contributed by atoms with E-state index >= 15 is 0 Å². The first kappa shape index (κ1) is 22.1. The zero-order valence-electron chi connectivity index (χ0n) is 18.1. The fourth-order valence-electron chi connectivity index (χ4n) is 4.19. The van der Waals surface area contributed by atoms with Gasteiger partial charge in [-0.15, -0.1) is 0 Å². The molecule has 0 amide bonds. The van der Waals surface area contributed by atoms with Gasteiger partial charge in [-0.05, 0) is 17.2 Å². The lowest BCUT2D eigenvalue weighted by atomic mass is 9.88. The van der Waals surface area contributed by atoms with Crippen LogP contribution in [0.15, 0.2) is 115 Å². The monoisotopic (exact) mass is 442 g/mol. The quantitative estimate of drug-likeness (QED) is 0.350. The Kier molecular flexibility index (Phi) is 6.60. The molecule has 4 aromatic rings. The summed E-state index contributed by atoms with van der Waals surface area (Å²) in [6, 6.07) is 36.2. The van der Waals surface area contributed by atoms with Crippen LogP contribution in [-0.2, 0) is 16.3 Å². The molecular formula is C28H27O3P. The van der Waals surface area contributed by atoms with E-state index in [1.165, 1.54) is 0 Å². The lowest BCUT2D eigenvalue weighted by molar-refractivity contribution is 0.105. The van der Waals surface area contributed by atoms with Gasteiger partial charge in [0.1, 0.15) is 18.5 Å². The molecule has 4 aromatic carbocycles. The Balaban J connectivity index is 1.86. The predicted octanol–water partition coefficient (Wildman–Crippen LogP) is 5.82. The molecule has 0 saturated heterocycles. The molecule has 0 fully saturated rings. The molecule has 0 spiro atoms. The maximum absolute atomic E-state index is 14.8. The Labute approximate surface area is 189 Å². The van der Waals surface area contributed by atoms with Crippen molar-refractivity contribution in [1.82, 2.24) is 0 Å². The average Bonchev–Trinajstić information content (AvgIpc) is 2.86. The molecule has 0 heterocycles. The van der Waals surface area contributed by atoms with Crippen molar-refractivity contribution in [2.24, 2.45) is 0 Å². The third-order valence-corrected chi connectivity index (χ3v) is 8.89. The van der Waals surface area contributed by atoms with E-state index in [-0.39, 0.29) is 6.16 Å². The van der Waals surface area contributed by atoms with Gasteiger partial charge in [-0.2, -0.15) is 0 Å². The van der Waals surface area contributed by atoms with E-state index in [9.17, 15) is 9.67 Å². The van der Waals surface area contributed by atoms with Crippen molar-refractivity contribution < 1.29 is 14.4 Å². The van der Waals surface area contributed by atoms with Crippen molar-refractivity contribution in [2.45, 2.75) is 11.8 Å². The van der Waals surface area contributed by atoms with Crippen molar-refractivity contribution in [3.63, 3.8) is 0 Å². The highest BCUT2D eigenvalue weighted by Gasteiger charge is 2.41. The summed E-state index contributed by atoms with van der Waals surface area (Å²) >= 11 is 0. The number of ether oxygens (including phenoxy) is 1. The van der Waals surface area contributed by atoms with Crippen molar-refractivity contribution in [1.29, 1.82) is 0 Å². The maximum Gasteiger partial charge on any atom is 0.123 e. The average molecular weight is 442 g/mol. The number of hydrogen-bond acceptors (Lipinski definition) is 3. The molecule has 0 aliphatic carbocycles. The number of rotatable bonds is 8. The Morgan fingerprint density at radius 1 is 0.719 bits per heavy atom. The van der Waals surface area contributed by atoms with E-state index in [1.54, 1.807) is 7.11 Å². The number of methoxy groups -OCH3 is 1. The Morgan fingerprint density at radius 3 is 1.72 bits per heavy atom. The van der Waals surface area contributed by atoms with Gasteiger partial charge in [-0.25, -0.2) is 0 Å². The van der Waals surface area contributed by atoms with E-state index in [4.69, 9.17) is 4.74 Å². The van der Waals surface area contributed by atoms with Crippen LogP contribution in [0.2, 0.25) is 0 Å². The first-order valence-electron chi connectivity index (χ1n) is 10.6. The molecule has 1 unspecified atom stereocenters. The smallest absolute Gasteiger partial charge is 0.123 e. The van der Waals surface area contributed by atoms with Gasteiger partial charge in [-0.3, -0.25) is 0 Å². The van der Waals surface area contributed by atoms with Gasteiger partial charge in [0.15, 0.2) is 0 Å². The van der Waals surface area contributed by atoms with Gasteiger partial charge in [0.05, 0.1) is 7.11 Å². The van der Waals surface area contributed by atoms with E-state index in [0.717, 1.165) is 22.0 Å². The fourth-order valence-corrected chi connectivity index (χ4v) is 7.30. The molecule has 0 radical (unpaired) electrons. The third-order valence-electron chi connectivity index (χ3n) is 5.83. The van der Waals surface area contributed by atoms with Crippen LogP contribution in [0.1, 0.15) is 16.7 Å². The molecule has 162 valence electrons. The second kappa shape index (κ2) is 9.56. The van der Waals surface area contributed by atoms with Crippen LogP contribution < -0.4 is 10.0 Å². The minimum atomic E-state index is -3.12. The van der Waals surface area contributed by atoms with Crippen LogP contribution in [0.25, 0.3) is 0 Å². The summed E-state index contributed by atoms with van der Waals surface area (Å²) in [6.45, 7) is 0. The fraction of sp³-hybridized carbons (Fsp3) is 0.143. The molecule has 0 aliphatic heterocycles. The molecule has 0 aliphatic rings. The van der Waals surface area contributed by atoms with Gasteiger partial charge in [0.2, 0.25) is 0 Å². The molecule has 4 rings (SSSR count). The summed E-state index contributed by atoms with van der Waals surface area (Å²) < 4.78 is 20.3.